The molecule has 146 valence electrons. The number of aromatic nitrogens is 4. The smallest absolute Gasteiger partial charge is 0.253 e. The maximum Gasteiger partial charge on any atom is 0.253 e. The van der Waals surface area contributed by atoms with Crippen LogP contribution in [0.3, 0.4) is 0 Å². The number of benzene rings is 2. The van der Waals surface area contributed by atoms with Gasteiger partial charge in [0.05, 0.1) is 6.42 Å². The fraction of sp³-hybridized carbons (Fsp3) is 0.217. The van der Waals surface area contributed by atoms with Gasteiger partial charge in [0.15, 0.2) is 5.82 Å². The van der Waals surface area contributed by atoms with Crippen molar-refractivity contribution < 1.29 is 4.79 Å². The molecule has 0 aliphatic carbocycles. The lowest BCUT2D eigenvalue weighted by atomic mass is 10.1. The lowest BCUT2D eigenvalue weighted by Crippen LogP contribution is -2.25. The van der Waals surface area contributed by atoms with Crippen LogP contribution in [0.4, 0.5) is 0 Å². The monoisotopic (exact) mass is 385 g/mol. The van der Waals surface area contributed by atoms with E-state index < -0.39 is 0 Å². The second-order valence-corrected chi connectivity index (χ2v) is 7.21. The standard InChI is InChI=1S/C23H23N5O/c1-15-9-11-19(12-10-15)22-26-23-25-16(2)20(17(3)28(23)27-22)13-21(29)24-14-18-7-5-4-6-8-18/h4-12H,13-14H2,1-3H3,(H,24,29). The number of hydrogen-bond donors (Lipinski definition) is 1. The first-order valence-electron chi connectivity index (χ1n) is 9.62. The number of aryl methyl sites for hydroxylation is 3. The summed E-state index contributed by atoms with van der Waals surface area (Å²) in [7, 11) is 0. The van der Waals surface area contributed by atoms with Crippen molar-refractivity contribution in [3.63, 3.8) is 0 Å². The highest BCUT2D eigenvalue weighted by Crippen LogP contribution is 2.20. The van der Waals surface area contributed by atoms with E-state index in [1.54, 1.807) is 4.52 Å². The molecule has 0 radical (unpaired) electrons. The second-order valence-electron chi connectivity index (χ2n) is 7.21. The highest BCUT2D eigenvalue weighted by atomic mass is 16.1. The average Bonchev–Trinajstić information content (AvgIpc) is 3.15. The van der Waals surface area contributed by atoms with Crippen LogP contribution >= 0.6 is 0 Å². The molecular formula is C23H23N5O. The predicted molar refractivity (Wildman–Crippen MR) is 112 cm³/mol. The van der Waals surface area contributed by atoms with Gasteiger partial charge in [-0.25, -0.2) is 9.50 Å². The third-order valence-electron chi connectivity index (χ3n) is 5.03. The van der Waals surface area contributed by atoms with Gasteiger partial charge in [-0.3, -0.25) is 4.79 Å². The number of rotatable bonds is 5. The Bertz CT molecular complexity index is 1160. The Balaban J connectivity index is 1.58. The molecule has 6 nitrogen and oxygen atoms in total. The molecule has 0 fully saturated rings. The number of carbonyl (C=O) groups is 1. The summed E-state index contributed by atoms with van der Waals surface area (Å²) in [5.41, 5.74) is 5.76. The van der Waals surface area contributed by atoms with Gasteiger partial charge in [-0.05, 0) is 26.3 Å². The van der Waals surface area contributed by atoms with Crippen molar-refractivity contribution in [1.29, 1.82) is 0 Å². The quantitative estimate of drug-likeness (QED) is 0.570. The molecule has 0 bridgehead atoms. The number of carbonyl (C=O) groups excluding carboxylic acids is 1. The summed E-state index contributed by atoms with van der Waals surface area (Å²) in [4.78, 5) is 21.7. The van der Waals surface area contributed by atoms with E-state index >= 15 is 0 Å². The molecule has 0 aliphatic rings. The number of nitrogens with one attached hydrogen (secondary N) is 1. The third-order valence-corrected chi connectivity index (χ3v) is 5.03. The second kappa shape index (κ2) is 7.83. The van der Waals surface area contributed by atoms with Gasteiger partial charge in [0.1, 0.15) is 0 Å². The van der Waals surface area contributed by atoms with Gasteiger partial charge < -0.3 is 5.32 Å². The summed E-state index contributed by atoms with van der Waals surface area (Å²) in [6.45, 7) is 6.42. The van der Waals surface area contributed by atoms with Crippen LogP contribution in [-0.2, 0) is 17.8 Å². The SMILES string of the molecule is Cc1ccc(-c2nc3nc(C)c(CC(=O)NCc4ccccc4)c(C)n3n2)cc1. The highest BCUT2D eigenvalue weighted by molar-refractivity contribution is 5.79. The van der Waals surface area contributed by atoms with E-state index in [0.29, 0.717) is 18.1 Å². The molecule has 2 aromatic carbocycles. The van der Waals surface area contributed by atoms with Crippen molar-refractivity contribution >= 4 is 11.7 Å². The molecule has 0 unspecified atom stereocenters. The first kappa shape index (κ1) is 18.8. The largest absolute Gasteiger partial charge is 0.352 e. The van der Waals surface area contributed by atoms with E-state index in [1.165, 1.54) is 5.56 Å². The molecular weight excluding hydrogens is 362 g/mol. The van der Waals surface area contributed by atoms with Crippen molar-refractivity contribution in [3.8, 4) is 11.4 Å². The van der Waals surface area contributed by atoms with Crippen LogP contribution < -0.4 is 5.32 Å². The number of fused-ring (bicyclic) bond motifs is 1. The van der Waals surface area contributed by atoms with Crippen LogP contribution in [0.15, 0.2) is 54.6 Å². The molecule has 0 aliphatic heterocycles. The Morgan fingerprint density at radius 1 is 0.966 bits per heavy atom. The van der Waals surface area contributed by atoms with E-state index in [1.807, 2.05) is 75.4 Å². The number of amides is 1. The van der Waals surface area contributed by atoms with E-state index in [2.05, 4.69) is 20.4 Å². The zero-order valence-corrected chi connectivity index (χ0v) is 16.8. The van der Waals surface area contributed by atoms with E-state index in [0.717, 1.165) is 28.1 Å². The zero-order chi connectivity index (χ0) is 20.4. The van der Waals surface area contributed by atoms with E-state index in [-0.39, 0.29) is 12.3 Å². The minimum atomic E-state index is -0.0416. The van der Waals surface area contributed by atoms with Gasteiger partial charge >= 0.3 is 0 Å². The Hall–Kier alpha value is -3.54. The normalized spacial score (nSPS) is 11.0. The van der Waals surface area contributed by atoms with Gasteiger partial charge in [0.25, 0.3) is 5.78 Å². The van der Waals surface area contributed by atoms with Crippen molar-refractivity contribution in [3.05, 3.63) is 82.7 Å². The summed E-state index contributed by atoms with van der Waals surface area (Å²) < 4.78 is 1.72. The Morgan fingerprint density at radius 3 is 2.41 bits per heavy atom. The van der Waals surface area contributed by atoms with Crippen LogP contribution in [0.5, 0.6) is 0 Å². The average molecular weight is 385 g/mol. The number of nitrogens with zero attached hydrogens (tertiary/aromatic N) is 4. The fourth-order valence-corrected chi connectivity index (χ4v) is 3.31. The minimum Gasteiger partial charge on any atom is -0.352 e. The summed E-state index contributed by atoms with van der Waals surface area (Å²) >= 11 is 0. The molecule has 0 saturated heterocycles. The van der Waals surface area contributed by atoms with Gasteiger partial charge in [-0.15, -0.1) is 5.10 Å². The predicted octanol–water partition coefficient (Wildman–Crippen LogP) is 3.58. The molecule has 2 aromatic heterocycles. The first-order valence-corrected chi connectivity index (χ1v) is 9.62. The zero-order valence-electron chi connectivity index (χ0n) is 16.8. The Labute approximate surface area is 169 Å². The molecule has 2 heterocycles. The molecule has 4 aromatic rings. The Kier molecular flexibility index (Phi) is 5.08. The summed E-state index contributed by atoms with van der Waals surface area (Å²) in [5.74, 6) is 1.13. The Morgan fingerprint density at radius 2 is 1.69 bits per heavy atom. The maximum atomic E-state index is 12.5. The lowest BCUT2D eigenvalue weighted by molar-refractivity contribution is -0.120. The maximum absolute atomic E-state index is 12.5. The molecule has 29 heavy (non-hydrogen) atoms. The third kappa shape index (κ3) is 4.01. The summed E-state index contributed by atoms with van der Waals surface area (Å²) in [6, 6.07) is 18.0. The minimum absolute atomic E-state index is 0.0416. The summed E-state index contributed by atoms with van der Waals surface area (Å²) in [6.07, 6.45) is 0.257. The first-order chi connectivity index (χ1) is 14.0. The van der Waals surface area contributed by atoms with E-state index in [4.69, 9.17) is 0 Å². The van der Waals surface area contributed by atoms with Crippen LogP contribution in [0, 0.1) is 20.8 Å². The van der Waals surface area contributed by atoms with E-state index in [9.17, 15) is 4.79 Å². The molecule has 1 N–H and O–H groups in total. The molecule has 1 amide bonds. The van der Waals surface area contributed by atoms with Gasteiger partial charge in [0.2, 0.25) is 5.91 Å². The van der Waals surface area contributed by atoms with Crippen LogP contribution in [0.25, 0.3) is 17.2 Å². The fourth-order valence-electron chi connectivity index (χ4n) is 3.31. The van der Waals surface area contributed by atoms with Crippen LogP contribution in [-0.4, -0.2) is 25.5 Å². The van der Waals surface area contributed by atoms with Gasteiger partial charge in [-0.1, -0.05) is 60.2 Å². The number of hydrogen-bond acceptors (Lipinski definition) is 4. The molecule has 0 spiro atoms. The highest BCUT2D eigenvalue weighted by Gasteiger charge is 2.16. The van der Waals surface area contributed by atoms with Crippen LogP contribution in [0.2, 0.25) is 0 Å². The molecule has 0 atom stereocenters. The lowest BCUT2D eigenvalue weighted by Gasteiger charge is -2.11. The summed E-state index contributed by atoms with van der Waals surface area (Å²) in [5, 5.41) is 7.60. The molecule has 0 saturated carbocycles. The van der Waals surface area contributed by atoms with Crippen molar-refractivity contribution in [1.82, 2.24) is 24.9 Å². The van der Waals surface area contributed by atoms with Crippen molar-refractivity contribution in [2.75, 3.05) is 0 Å². The van der Waals surface area contributed by atoms with Crippen molar-refractivity contribution in [2.24, 2.45) is 0 Å². The molecule has 6 heteroatoms. The van der Waals surface area contributed by atoms with Crippen LogP contribution in [0.1, 0.15) is 28.1 Å². The van der Waals surface area contributed by atoms with Crippen molar-refractivity contribution in [2.45, 2.75) is 33.7 Å². The molecule has 4 rings (SSSR count). The van der Waals surface area contributed by atoms with Gasteiger partial charge in [-0.2, -0.15) is 4.98 Å². The van der Waals surface area contributed by atoms with Gasteiger partial charge in [0, 0.05) is 29.1 Å². The topological polar surface area (TPSA) is 72.2 Å².